The monoisotopic (exact) mass is 246 g/mol. The number of hydrogen-bond acceptors (Lipinski definition) is 2. The van der Waals surface area contributed by atoms with Crippen molar-refractivity contribution in [2.24, 2.45) is 7.05 Å². The molecule has 17 heavy (non-hydrogen) atoms. The molecule has 0 spiro atoms. The Balaban J connectivity index is 2.34. The minimum atomic E-state index is 0.331. The molecule has 3 rings (SSSR count). The zero-order chi connectivity index (χ0) is 12.0. The summed E-state index contributed by atoms with van der Waals surface area (Å²) in [5.41, 5.74) is 8.43. The third kappa shape index (κ3) is 1.49. The minimum Gasteiger partial charge on any atom is -0.369 e. The number of fused-ring (bicyclic) bond motifs is 1. The van der Waals surface area contributed by atoms with Crippen LogP contribution in [0.4, 0.5) is 5.95 Å². The van der Waals surface area contributed by atoms with E-state index in [2.05, 4.69) is 16.0 Å². The van der Waals surface area contributed by atoms with Crippen molar-refractivity contribution in [2.75, 3.05) is 5.73 Å². The predicted octanol–water partition coefficient (Wildman–Crippen LogP) is 2.80. The first kappa shape index (κ1) is 10.2. The highest BCUT2D eigenvalue weighted by Gasteiger charge is 2.14. The Morgan fingerprint density at radius 1 is 1.35 bits per heavy atom. The lowest BCUT2D eigenvalue weighted by Gasteiger charge is -1.94. The van der Waals surface area contributed by atoms with Crippen LogP contribution in [-0.2, 0) is 7.05 Å². The molecule has 4 nitrogen and oxygen atoms in total. The van der Waals surface area contributed by atoms with Gasteiger partial charge in [-0.05, 0) is 6.07 Å². The average Bonchev–Trinajstić information content (AvgIpc) is 2.80. The molecule has 3 N–H and O–H groups in total. The van der Waals surface area contributed by atoms with Gasteiger partial charge in [-0.1, -0.05) is 29.8 Å². The van der Waals surface area contributed by atoms with Crippen LogP contribution in [0.1, 0.15) is 0 Å². The van der Waals surface area contributed by atoms with Crippen molar-refractivity contribution in [1.29, 1.82) is 0 Å². The number of hydrogen-bond donors (Lipinski definition) is 2. The summed E-state index contributed by atoms with van der Waals surface area (Å²) >= 11 is 6.08. The lowest BCUT2D eigenvalue weighted by Crippen LogP contribution is -1.85. The maximum absolute atomic E-state index is 6.08. The van der Waals surface area contributed by atoms with Crippen LogP contribution in [0.15, 0.2) is 30.5 Å². The molecule has 3 aromatic rings. The van der Waals surface area contributed by atoms with E-state index in [1.165, 1.54) is 0 Å². The Bertz CT molecular complexity index is 696. The largest absolute Gasteiger partial charge is 0.369 e. The van der Waals surface area contributed by atoms with Gasteiger partial charge in [0.25, 0.3) is 0 Å². The fraction of sp³-hybridized carbons (Fsp3) is 0.0833. The maximum Gasteiger partial charge on any atom is 0.199 e. The van der Waals surface area contributed by atoms with Gasteiger partial charge in [0.15, 0.2) is 5.95 Å². The number of nitrogens with zero attached hydrogens (tertiary/aromatic N) is 2. The third-order valence-corrected chi connectivity index (χ3v) is 3.10. The molecular weight excluding hydrogens is 236 g/mol. The SMILES string of the molecule is Cn1cc(-c2nc(N)[nH]c2Cl)c2ccccc21. The highest BCUT2D eigenvalue weighted by atomic mass is 35.5. The first-order valence-corrected chi connectivity index (χ1v) is 5.60. The molecule has 0 saturated carbocycles. The average molecular weight is 247 g/mol. The van der Waals surface area contributed by atoms with Gasteiger partial charge in [-0.2, -0.15) is 0 Å². The van der Waals surface area contributed by atoms with Gasteiger partial charge < -0.3 is 15.3 Å². The highest BCUT2D eigenvalue weighted by Crippen LogP contribution is 2.33. The van der Waals surface area contributed by atoms with Crippen LogP contribution in [0.5, 0.6) is 0 Å². The number of nitrogens with two attached hydrogens (primary N) is 1. The summed E-state index contributed by atoms with van der Waals surface area (Å²) in [6.45, 7) is 0. The number of benzene rings is 1. The van der Waals surface area contributed by atoms with E-state index >= 15 is 0 Å². The van der Waals surface area contributed by atoms with E-state index in [0.29, 0.717) is 16.8 Å². The third-order valence-electron chi connectivity index (χ3n) is 2.83. The molecule has 0 atom stereocenters. The smallest absolute Gasteiger partial charge is 0.199 e. The molecule has 0 saturated heterocycles. The number of anilines is 1. The zero-order valence-electron chi connectivity index (χ0n) is 9.24. The molecular formula is C12H11ClN4. The van der Waals surface area contributed by atoms with Crippen LogP contribution in [0.25, 0.3) is 22.2 Å². The van der Waals surface area contributed by atoms with Gasteiger partial charge in [-0.3, -0.25) is 0 Å². The minimum absolute atomic E-state index is 0.331. The second-order valence-corrected chi connectivity index (χ2v) is 4.33. The number of imidazole rings is 1. The van der Waals surface area contributed by atoms with E-state index in [0.717, 1.165) is 16.5 Å². The van der Waals surface area contributed by atoms with Crippen molar-refractivity contribution in [2.45, 2.75) is 0 Å². The lowest BCUT2D eigenvalue weighted by atomic mass is 10.1. The molecule has 0 aliphatic carbocycles. The molecule has 0 radical (unpaired) electrons. The fourth-order valence-electron chi connectivity index (χ4n) is 2.08. The first-order valence-electron chi connectivity index (χ1n) is 5.22. The van der Waals surface area contributed by atoms with Crippen LogP contribution in [-0.4, -0.2) is 14.5 Å². The van der Waals surface area contributed by atoms with Gasteiger partial charge in [-0.15, -0.1) is 0 Å². The first-order chi connectivity index (χ1) is 8.16. The number of H-pyrrole nitrogens is 1. The van der Waals surface area contributed by atoms with E-state index in [4.69, 9.17) is 17.3 Å². The van der Waals surface area contributed by atoms with Crippen molar-refractivity contribution in [3.8, 4) is 11.3 Å². The van der Waals surface area contributed by atoms with E-state index in [9.17, 15) is 0 Å². The number of nitrogen functional groups attached to an aromatic ring is 1. The molecule has 0 aliphatic rings. The number of rotatable bonds is 1. The van der Waals surface area contributed by atoms with Crippen LogP contribution in [0.2, 0.25) is 5.15 Å². The number of nitrogens with one attached hydrogen (secondary N) is 1. The lowest BCUT2D eigenvalue weighted by molar-refractivity contribution is 0.970. The summed E-state index contributed by atoms with van der Waals surface area (Å²) in [5, 5.41) is 1.59. The molecule has 5 heteroatoms. The van der Waals surface area contributed by atoms with Gasteiger partial charge in [-0.25, -0.2) is 4.98 Å². The second kappa shape index (κ2) is 3.53. The molecule has 0 bridgehead atoms. The molecule has 2 aromatic heterocycles. The summed E-state index contributed by atoms with van der Waals surface area (Å²) < 4.78 is 2.05. The van der Waals surface area contributed by atoms with Gasteiger partial charge in [0.2, 0.25) is 0 Å². The Labute approximate surface area is 103 Å². The van der Waals surface area contributed by atoms with Crippen molar-refractivity contribution in [1.82, 2.24) is 14.5 Å². The van der Waals surface area contributed by atoms with Gasteiger partial charge in [0.1, 0.15) is 10.8 Å². The number of halogens is 1. The normalized spacial score (nSPS) is 11.2. The van der Waals surface area contributed by atoms with E-state index in [1.807, 2.05) is 36.0 Å². The Kier molecular flexibility index (Phi) is 2.12. The van der Waals surface area contributed by atoms with Crippen LogP contribution < -0.4 is 5.73 Å². The number of aryl methyl sites for hydroxylation is 1. The van der Waals surface area contributed by atoms with Gasteiger partial charge in [0, 0.05) is 29.7 Å². The van der Waals surface area contributed by atoms with E-state index in [1.54, 1.807) is 0 Å². The molecule has 0 aliphatic heterocycles. The van der Waals surface area contributed by atoms with Crippen LogP contribution >= 0.6 is 11.6 Å². The maximum atomic E-state index is 6.08. The molecule has 0 amide bonds. The molecule has 1 aromatic carbocycles. The quantitative estimate of drug-likeness (QED) is 0.694. The molecule has 0 fully saturated rings. The van der Waals surface area contributed by atoms with Gasteiger partial charge >= 0.3 is 0 Å². The molecule has 2 heterocycles. The number of aromatic nitrogens is 3. The molecule has 86 valence electrons. The van der Waals surface area contributed by atoms with Crippen LogP contribution in [0, 0.1) is 0 Å². The second-order valence-electron chi connectivity index (χ2n) is 3.96. The number of para-hydroxylation sites is 1. The van der Waals surface area contributed by atoms with E-state index in [-0.39, 0.29) is 0 Å². The number of aromatic amines is 1. The standard InChI is InChI=1S/C12H11ClN4/c1-17-6-8(7-4-2-3-5-9(7)17)10-11(13)16-12(14)15-10/h2-6H,1H3,(H3,14,15,16). The Hall–Kier alpha value is -1.94. The highest BCUT2D eigenvalue weighted by molar-refractivity contribution is 6.32. The fourth-order valence-corrected chi connectivity index (χ4v) is 2.32. The summed E-state index contributed by atoms with van der Waals surface area (Å²) in [6.07, 6.45) is 2.01. The van der Waals surface area contributed by atoms with Gasteiger partial charge in [0.05, 0.1) is 0 Å². The summed E-state index contributed by atoms with van der Waals surface area (Å²) in [5.74, 6) is 0.331. The Morgan fingerprint density at radius 3 is 2.82 bits per heavy atom. The van der Waals surface area contributed by atoms with Crippen molar-refractivity contribution in [3.63, 3.8) is 0 Å². The Morgan fingerprint density at radius 2 is 2.12 bits per heavy atom. The van der Waals surface area contributed by atoms with E-state index < -0.39 is 0 Å². The zero-order valence-corrected chi connectivity index (χ0v) is 9.99. The summed E-state index contributed by atoms with van der Waals surface area (Å²) in [7, 11) is 2.00. The van der Waals surface area contributed by atoms with Crippen molar-refractivity contribution < 1.29 is 0 Å². The van der Waals surface area contributed by atoms with Crippen molar-refractivity contribution in [3.05, 3.63) is 35.6 Å². The molecule has 0 unspecified atom stereocenters. The summed E-state index contributed by atoms with van der Waals surface area (Å²) in [4.78, 5) is 7.02. The summed E-state index contributed by atoms with van der Waals surface area (Å²) in [6, 6.07) is 8.11. The van der Waals surface area contributed by atoms with Crippen molar-refractivity contribution >= 4 is 28.5 Å². The van der Waals surface area contributed by atoms with Crippen LogP contribution in [0.3, 0.4) is 0 Å². The topological polar surface area (TPSA) is 59.6 Å². The predicted molar refractivity (Wildman–Crippen MR) is 69.9 cm³/mol.